The molecule has 0 fully saturated rings. The average molecular weight is 265 g/mol. The quantitative estimate of drug-likeness (QED) is 0.822. The fourth-order valence-electron chi connectivity index (χ4n) is 2.48. The van der Waals surface area contributed by atoms with Crippen molar-refractivity contribution in [1.82, 2.24) is 5.32 Å². The van der Waals surface area contributed by atoms with Gasteiger partial charge < -0.3 is 14.8 Å². The number of ether oxygens (including phenoxy) is 2. The molecule has 19 heavy (non-hydrogen) atoms. The molecule has 0 saturated carbocycles. The number of rotatable bonds is 7. The van der Waals surface area contributed by atoms with Crippen LogP contribution >= 0.6 is 0 Å². The van der Waals surface area contributed by atoms with Crippen molar-refractivity contribution in [3.63, 3.8) is 0 Å². The number of hydrogen-bond acceptors (Lipinski definition) is 3. The van der Waals surface area contributed by atoms with Crippen molar-refractivity contribution in [1.29, 1.82) is 0 Å². The normalized spacial score (nSPS) is 12.6. The Balaban J connectivity index is 3.03. The third kappa shape index (κ3) is 3.87. The number of hydrogen-bond donors (Lipinski definition) is 1. The summed E-state index contributed by atoms with van der Waals surface area (Å²) in [6.07, 6.45) is 1.02. The summed E-state index contributed by atoms with van der Waals surface area (Å²) < 4.78 is 10.9. The summed E-state index contributed by atoms with van der Waals surface area (Å²) in [5.41, 5.74) is 2.34. The lowest BCUT2D eigenvalue weighted by Gasteiger charge is -2.23. The molecule has 0 aliphatic heterocycles. The van der Waals surface area contributed by atoms with Crippen LogP contribution in [0.3, 0.4) is 0 Å². The fraction of sp³-hybridized carbons (Fsp3) is 0.625. The van der Waals surface area contributed by atoms with Crippen molar-refractivity contribution in [3.8, 4) is 11.5 Å². The lowest BCUT2D eigenvalue weighted by molar-refractivity contribution is 0.354. The molecular formula is C16H27NO2. The van der Waals surface area contributed by atoms with E-state index in [9.17, 15) is 0 Å². The van der Waals surface area contributed by atoms with Crippen LogP contribution in [0.15, 0.2) is 12.1 Å². The minimum Gasteiger partial charge on any atom is -0.496 e. The summed E-state index contributed by atoms with van der Waals surface area (Å²) in [6, 6.07) is 4.15. The maximum absolute atomic E-state index is 5.58. The highest BCUT2D eigenvalue weighted by Crippen LogP contribution is 2.33. The van der Waals surface area contributed by atoms with Crippen LogP contribution in [0.25, 0.3) is 0 Å². The Labute approximate surface area is 117 Å². The molecule has 0 aromatic heterocycles. The Morgan fingerprint density at radius 2 is 1.84 bits per heavy atom. The maximum atomic E-state index is 5.58. The van der Waals surface area contributed by atoms with Crippen molar-refractivity contribution >= 4 is 0 Å². The standard InChI is InChI=1S/C16H27NO2/c1-11(2)14(10-17-4)9-13-7-8-15(18-5)12(3)16(13)19-6/h7-8,11,14,17H,9-10H2,1-6H3. The molecule has 0 amide bonds. The summed E-state index contributed by atoms with van der Waals surface area (Å²) >= 11 is 0. The molecular weight excluding hydrogens is 238 g/mol. The van der Waals surface area contributed by atoms with Gasteiger partial charge in [-0.15, -0.1) is 0 Å². The van der Waals surface area contributed by atoms with E-state index in [2.05, 4.69) is 25.2 Å². The third-order valence-corrected chi connectivity index (χ3v) is 3.75. The van der Waals surface area contributed by atoms with Gasteiger partial charge in [0.2, 0.25) is 0 Å². The monoisotopic (exact) mass is 265 g/mol. The van der Waals surface area contributed by atoms with Gasteiger partial charge in [0.15, 0.2) is 0 Å². The molecule has 0 bridgehead atoms. The van der Waals surface area contributed by atoms with Crippen LogP contribution in [0.4, 0.5) is 0 Å². The number of methoxy groups -OCH3 is 2. The second-order valence-corrected chi connectivity index (χ2v) is 5.35. The maximum Gasteiger partial charge on any atom is 0.128 e. The van der Waals surface area contributed by atoms with Crippen LogP contribution in [0, 0.1) is 18.8 Å². The molecule has 1 aromatic rings. The van der Waals surface area contributed by atoms with E-state index in [0.717, 1.165) is 30.0 Å². The van der Waals surface area contributed by atoms with Crippen molar-refractivity contribution in [2.45, 2.75) is 27.2 Å². The van der Waals surface area contributed by atoms with Gasteiger partial charge in [-0.2, -0.15) is 0 Å². The van der Waals surface area contributed by atoms with Gasteiger partial charge in [-0.3, -0.25) is 0 Å². The zero-order valence-corrected chi connectivity index (χ0v) is 13.0. The summed E-state index contributed by atoms with van der Waals surface area (Å²) in [7, 11) is 5.43. The molecule has 0 aliphatic carbocycles. The molecule has 3 heteroatoms. The van der Waals surface area contributed by atoms with Crippen LogP contribution in [-0.4, -0.2) is 27.8 Å². The average Bonchev–Trinajstić information content (AvgIpc) is 2.38. The van der Waals surface area contributed by atoms with E-state index < -0.39 is 0 Å². The van der Waals surface area contributed by atoms with Gasteiger partial charge in [-0.05, 0) is 50.4 Å². The molecule has 1 aromatic carbocycles. The number of benzene rings is 1. The molecule has 0 spiro atoms. The predicted molar refractivity (Wildman–Crippen MR) is 80.2 cm³/mol. The summed E-state index contributed by atoms with van der Waals surface area (Å²) in [5, 5.41) is 3.28. The zero-order chi connectivity index (χ0) is 14.4. The highest BCUT2D eigenvalue weighted by Gasteiger charge is 2.18. The topological polar surface area (TPSA) is 30.5 Å². The van der Waals surface area contributed by atoms with Crippen LogP contribution in [0.1, 0.15) is 25.0 Å². The largest absolute Gasteiger partial charge is 0.496 e. The van der Waals surface area contributed by atoms with Crippen molar-refractivity contribution in [2.24, 2.45) is 11.8 Å². The molecule has 0 heterocycles. The van der Waals surface area contributed by atoms with Crippen molar-refractivity contribution in [3.05, 3.63) is 23.3 Å². The highest BCUT2D eigenvalue weighted by molar-refractivity contribution is 5.49. The van der Waals surface area contributed by atoms with E-state index in [1.165, 1.54) is 5.56 Å². The first-order valence-electron chi connectivity index (χ1n) is 6.90. The van der Waals surface area contributed by atoms with E-state index >= 15 is 0 Å². The van der Waals surface area contributed by atoms with Gasteiger partial charge in [0.05, 0.1) is 14.2 Å². The Morgan fingerprint density at radius 1 is 1.16 bits per heavy atom. The summed E-state index contributed by atoms with van der Waals surface area (Å²) in [5.74, 6) is 3.09. The predicted octanol–water partition coefficient (Wildman–Crippen LogP) is 3.05. The smallest absolute Gasteiger partial charge is 0.128 e. The van der Waals surface area contributed by atoms with Crippen LogP contribution in [0.5, 0.6) is 11.5 Å². The van der Waals surface area contributed by atoms with Gasteiger partial charge >= 0.3 is 0 Å². The summed E-state index contributed by atoms with van der Waals surface area (Å²) in [4.78, 5) is 0. The van der Waals surface area contributed by atoms with Gasteiger partial charge in [0.1, 0.15) is 11.5 Å². The van der Waals surface area contributed by atoms with Gasteiger partial charge in [0.25, 0.3) is 0 Å². The van der Waals surface area contributed by atoms with Gasteiger partial charge in [-0.25, -0.2) is 0 Å². The zero-order valence-electron chi connectivity index (χ0n) is 13.0. The molecule has 0 saturated heterocycles. The molecule has 0 radical (unpaired) electrons. The molecule has 108 valence electrons. The van der Waals surface area contributed by atoms with Crippen molar-refractivity contribution in [2.75, 3.05) is 27.8 Å². The molecule has 1 atom stereocenters. The second kappa shape index (κ2) is 7.39. The lowest BCUT2D eigenvalue weighted by atomic mass is 9.88. The van der Waals surface area contributed by atoms with E-state index in [4.69, 9.17) is 9.47 Å². The first-order chi connectivity index (χ1) is 9.04. The van der Waals surface area contributed by atoms with Gasteiger partial charge in [0, 0.05) is 5.56 Å². The lowest BCUT2D eigenvalue weighted by Crippen LogP contribution is -2.25. The summed E-state index contributed by atoms with van der Waals surface area (Å²) in [6.45, 7) is 7.60. The molecule has 1 rings (SSSR count). The Bertz CT molecular complexity index is 402. The molecule has 1 unspecified atom stereocenters. The first-order valence-corrected chi connectivity index (χ1v) is 6.90. The Morgan fingerprint density at radius 3 is 2.32 bits per heavy atom. The minimum absolute atomic E-state index is 0.603. The fourth-order valence-corrected chi connectivity index (χ4v) is 2.48. The molecule has 1 N–H and O–H groups in total. The minimum atomic E-state index is 0.603. The molecule has 0 aliphatic rings. The van der Waals surface area contributed by atoms with Crippen LogP contribution < -0.4 is 14.8 Å². The Hall–Kier alpha value is -1.22. The number of nitrogens with one attached hydrogen (secondary N) is 1. The van der Waals surface area contributed by atoms with Gasteiger partial charge in [-0.1, -0.05) is 19.9 Å². The SMILES string of the molecule is CNCC(Cc1ccc(OC)c(C)c1OC)C(C)C. The first kappa shape index (κ1) is 15.8. The van der Waals surface area contributed by atoms with E-state index in [-0.39, 0.29) is 0 Å². The Kier molecular flexibility index (Phi) is 6.16. The van der Waals surface area contributed by atoms with E-state index in [0.29, 0.717) is 11.8 Å². The van der Waals surface area contributed by atoms with Crippen LogP contribution in [0.2, 0.25) is 0 Å². The van der Waals surface area contributed by atoms with E-state index in [1.54, 1.807) is 14.2 Å². The molecule has 3 nitrogen and oxygen atoms in total. The highest BCUT2D eigenvalue weighted by atomic mass is 16.5. The van der Waals surface area contributed by atoms with E-state index in [1.807, 2.05) is 20.0 Å². The van der Waals surface area contributed by atoms with Crippen LogP contribution in [-0.2, 0) is 6.42 Å². The third-order valence-electron chi connectivity index (χ3n) is 3.75. The van der Waals surface area contributed by atoms with Crippen molar-refractivity contribution < 1.29 is 9.47 Å². The second-order valence-electron chi connectivity index (χ2n) is 5.35.